The van der Waals surface area contributed by atoms with Crippen LogP contribution in [0, 0.1) is 0 Å². The quantitative estimate of drug-likeness (QED) is 0.233. The highest BCUT2D eigenvalue weighted by molar-refractivity contribution is 5.82. The Morgan fingerprint density at radius 3 is 2.38 bits per heavy atom. The summed E-state index contributed by atoms with van der Waals surface area (Å²) >= 11 is 0. The van der Waals surface area contributed by atoms with Crippen LogP contribution in [0.2, 0.25) is 0 Å². The standard InChI is InChI=1S/C23H26O3/c1-2-25-23(24)15-11-6-4-3-5-8-12-20-16-18-22(19-17-20)26-21-13-9-7-10-14-21/h4,6-7,9-11,13-19H,2-3,5,8,12H2,1H3/b6-4+,15-11+. The summed E-state index contributed by atoms with van der Waals surface area (Å²) < 4.78 is 10.6. The number of ether oxygens (including phenoxy) is 2. The minimum Gasteiger partial charge on any atom is -0.463 e. The molecule has 0 radical (unpaired) electrons. The van der Waals surface area contributed by atoms with Crippen molar-refractivity contribution in [3.8, 4) is 11.5 Å². The molecule has 0 unspecified atom stereocenters. The number of para-hydroxylation sites is 1. The van der Waals surface area contributed by atoms with Gasteiger partial charge in [-0.2, -0.15) is 0 Å². The minimum atomic E-state index is -0.295. The summed E-state index contributed by atoms with van der Waals surface area (Å²) in [6.07, 6.45) is 11.4. The van der Waals surface area contributed by atoms with Crippen LogP contribution in [0.1, 0.15) is 31.7 Å². The Kier molecular flexibility index (Phi) is 8.78. The molecule has 0 aliphatic carbocycles. The zero-order valence-electron chi connectivity index (χ0n) is 15.3. The maximum atomic E-state index is 11.1. The van der Waals surface area contributed by atoms with E-state index in [1.165, 1.54) is 11.6 Å². The van der Waals surface area contributed by atoms with Gasteiger partial charge in [-0.15, -0.1) is 0 Å². The predicted octanol–water partition coefficient (Wildman–Crippen LogP) is 5.87. The number of hydrogen-bond acceptors (Lipinski definition) is 3. The van der Waals surface area contributed by atoms with Crippen LogP contribution in [0.15, 0.2) is 78.9 Å². The van der Waals surface area contributed by atoms with Crippen molar-refractivity contribution in [3.63, 3.8) is 0 Å². The van der Waals surface area contributed by atoms with Crippen molar-refractivity contribution in [3.05, 3.63) is 84.5 Å². The molecule has 0 saturated carbocycles. The SMILES string of the molecule is CCOC(=O)/C=C/C=C/CCCCc1ccc(Oc2ccccc2)cc1. The summed E-state index contributed by atoms with van der Waals surface area (Å²) in [4.78, 5) is 11.1. The van der Waals surface area contributed by atoms with Gasteiger partial charge in [-0.3, -0.25) is 0 Å². The number of esters is 1. The van der Waals surface area contributed by atoms with E-state index >= 15 is 0 Å². The second kappa shape index (κ2) is 11.7. The first-order chi connectivity index (χ1) is 12.8. The molecule has 2 aromatic carbocycles. The van der Waals surface area contributed by atoms with Gasteiger partial charge in [0.25, 0.3) is 0 Å². The molecule has 2 rings (SSSR count). The zero-order valence-corrected chi connectivity index (χ0v) is 15.3. The number of carbonyl (C=O) groups excluding carboxylic acids is 1. The van der Waals surface area contributed by atoms with Crippen molar-refractivity contribution in [2.45, 2.75) is 32.6 Å². The lowest BCUT2D eigenvalue weighted by molar-refractivity contribution is -0.137. The fraction of sp³-hybridized carbons (Fsp3) is 0.261. The van der Waals surface area contributed by atoms with E-state index in [9.17, 15) is 4.79 Å². The zero-order chi connectivity index (χ0) is 18.5. The van der Waals surface area contributed by atoms with Gasteiger partial charge in [0.1, 0.15) is 11.5 Å². The van der Waals surface area contributed by atoms with E-state index in [-0.39, 0.29) is 5.97 Å². The summed E-state index contributed by atoms with van der Waals surface area (Å²) in [5.41, 5.74) is 1.32. The molecular formula is C23H26O3. The highest BCUT2D eigenvalue weighted by Gasteiger charge is 1.98. The predicted molar refractivity (Wildman–Crippen MR) is 105 cm³/mol. The number of allylic oxidation sites excluding steroid dienone is 3. The van der Waals surface area contributed by atoms with Gasteiger partial charge in [-0.1, -0.05) is 48.6 Å². The average molecular weight is 350 g/mol. The summed E-state index contributed by atoms with van der Waals surface area (Å²) in [5, 5.41) is 0. The molecule has 0 bridgehead atoms. The van der Waals surface area contributed by atoms with Gasteiger partial charge in [0.05, 0.1) is 6.61 Å². The first kappa shape index (κ1) is 19.5. The molecule has 3 heteroatoms. The number of carbonyl (C=O) groups is 1. The number of hydrogen-bond donors (Lipinski definition) is 0. The first-order valence-electron chi connectivity index (χ1n) is 9.09. The molecular weight excluding hydrogens is 324 g/mol. The lowest BCUT2D eigenvalue weighted by Gasteiger charge is -2.06. The van der Waals surface area contributed by atoms with Crippen LogP contribution >= 0.6 is 0 Å². The second-order valence-electron chi connectivity index (χ2n) is 5.84. The van der Waals surface area contributed by atoms with Crippen molar-refractivity contribution in [1.82, 2.24) is 0 Å². The lowest BCUT2D eigenvalue weighted by atomic mass is 10.1. The highest BCUT2D eigenvalue weighted by Crippen LogP contribution is 2.21. The largest absolute Gasteiger partial charge is 0.463 e. The Morgan fingerprint density at radius 2 is 1.65 bits per heavy atom. The average Bonchev–Trinajstić information content (AvgIpc) is 2.66. The van der Waals surface area contributed by atoms with Crippen molar-refractivity contribution >= 4 is 5.97 Å². The number of unbranched alkanes of at least 4 members (excludes halogenated alkanes) is 2. The summed E-state index contributed by atoms with van der Waals surface area (Å²) in [5.74, 6) is 1.41. The molecule has 26 heavy (non-hydrogen) atoms. The van der Waals surface area contributed by atoms with Crippen LogP contribution in [0.4, 0.5) is 0 Å². The van der Waals surface area contributed by atoms with Crippen LogP contribution in [-0.2, 0) is 16.0 Å². The molecule has 0 heterocycles. The topological polar surface area (TPSA) is 35.5 Å². The van der Waals surface area contributed by atoms with Crippen LogP contribution in [0.3, 0.4) is 0 Å². The van der Waals surface area contributed by atoms with E-state index in [1.54, 1.807) is 13.0 Å². The van der Waals surface area contributed by atoms with Gasteiger partial charge in [0.2, 0.25) is 0 Å². The van der Waals surface area contributed by atoms with Gasteiger partial charge < -0.3 is 9.47 Å². The number of benzene rings is 2. The Labute approximate surface area is 156 Å². The molecule has 3 nitrogen and oxygen atoms in total. The Balaban J connectivity index is 1.63. The van der Waals surface area contributed by atoms with Crippen LogP contribution in [0.5, 0.6) is 11.5 Å². The fourth-order valence-corrected chi connectivity index (χ4v) is 2.44. The monoisotopic (exact) mass is 350 g/mol. The smallest absolute Gasteiger partial charge is 0.330 e. The second-order valence-corrected chi connectivity index (χ2v) is 5.84. The van der Waals surface area contributed by atoms with Crippen LogP contribution in [0.25, 0.3) is 0 Å². The Bertz CT molecular complexity index is 700. The van der Waals surface area contributed by atoms with E-state index in [0.717, 1.165) is 37.2 Å². The lowest BCUT2D eigenvalue weighted by Crippen LogP contribution is -1.98. The normalized spacial score (nSPS) is 11.1. The van der Waals surface area contributed by atoms with E-state index in [1.807, 2.05) is 48.5 Å². The van der Waals surface area contributed by atoms with E-state index in [4.69, 9.17) is 9.47 Å². The molecule has 0 spiro atoms. The Hall–Kier alpha value is -2.81. The summed E-state index contributed by atoms with van der Waals surface area (Å²) in [7, 11) is 0. The summed E-state index contributed by atoms with van der Waals surface area (Å²) in [6, 6.07) is 18.1. The molecule has 0 saturated heterocycles. The highest BCUT2D eigenvalue weighted by atomic mass is 16.5. The van der Waals surface area contributed by atoms with Crippen molar-refractivity contribution in [1.29, 1.82) is 0 Å². The van der Waals surface area contributed by atoms with E-state index in [2.05, 4.69) is 18.2 Å². The molecule has 0 aromatic heterocycles. The third-order valence-corrected chi connectivity index (χ3v) is 3.75. The van der Waals surface area contributed by atoms with Gasteiger partial charge in [-0.05, 0) is 62.4 Å². The Morgan fingerprint density at radius 1 is 0.923 bits per heavy atom. The minimum absolute atomic E-state index is 0.295. The van der Waals surface area contributed by atoms with Crippen molar-refractivity contribution < 1.29 is 14.3 Å². The fourth-order valence-electron chi connectivity index (χ4n) is 2.44. The third kappa shape index (κ3) is 7.84. The van der Waals surface area contributed by atoms with Crippen LogP contribution in [-0.4, -0.2) is 12.6 Å². The van der Waals surface area contributed by atoms with E-state index < -0.39 is 0 Å². The maximum absolute atomic E-state index is 11.1. The molecule has 2 aromatic rings. The molecule has 136 valence electrons. The first-order valence-corrected chi connectivity index (χ1v) is 9.09. The maximum Gasteiger partial charge on any atom is 0.330 e. The molecule has 0 aliphatic rings. The van der Waals surface area contributed by atoms with Gasteiger partial charge >= 0.3 is 5.97 Å². The van der Waals surface area contributed by atoms with Gasteiger partial charge in [0, 0.05) is 6.08 Å². The van der Waals surface area contributed by atoms with Crippen molar-refractivity contribution in [2.24, 2.45) is 0 Å². The van der Waals surface area contributed by atoms with Crippen molar-refractivity contribution in [2.75, 3.05) is 6.61 Å². The molecule has 0 fully saturated rings. The number of rotatable bonds is 10. The third-order valence-electron chi connectivity index (χ3n) is 3.75. The molecule has 0 N–H and O–H groups in total. The number of aryl methyl sites for hydroxylation is 1. The molecule has 0 amide bonds. The van der Waals surface area contributed by atoms with Gasteiger partial charge in [0.15, 0.2) is 0 Å². The van der Waals surface area contributed by atoms with E-state index in [0.29, 0.717) is 6.61 Å². The summed E-state index contributed by atoms with van der Waals surface area (Å²) in [6.45, 7) is 2.21. The van der Waals surface area contributed by atoms with Gasteiger partial charge in [-0.25, -0.2) is 4.79 Å². The van der Waals surface area contributed by atoms with Crippen LogP contribution < -0.4 is 4.74 Å². The molecule has 0 atom stereocenters. The molecule has 0 aliphatic heterocycles.